The van der Waals surface area contributed by atoms with Gasteiger partial charge in [0.1, 0.15) is 0 Å². The van der Waals surface area contributed by atoms with Gasteiger partial charge in [-0.15, -0.1) is 0 Å². The number of hydrogen-bond donors (Lipinski definition) is 1. The van der Waals surface area contributed by atoms with Gasteiger partial charge in [-0.2, -0.15) is 0 Å². The summed E-state index contributed by atoms with van der Waals surface area (Å²) in [5, 5.41) is 4.12. The molecule has 1 atom stereocenters. The van der Waals surface area contributed by atoms with Crippen LogP contribution < -0.4 is 5.73 Å². The van der Waals surface area contributed by atoms with Crippen LogP contribution in [0.4, 0.5) is 5.88 Å². The Balaban J connectivity index is 2.34. The summed E-state index contributed by atoms with van der Waals surface area (Å²) in [6.07, 6.45) is 4.37. The van der Waals surface area contributed by atoms with Gasteiger partial charge in [-0.05, 0) is 23.8 Å². The van der Waals surface area contributed by atoms with Gasteiger partial charge in [0.05, 0.1) is 11.3 Å². The molecule has 4 heteroatoms. The predicted molar refractivity (Wildman–Crippen MR) is 76.5 cm³/mol. The van der Waals surface area contributed by atoms with E-state index in [1.54, 1.807) is 12.4 Å². The molecule has 0 saturated carbocycles. The Morgan fingerprint density at radius 2 is 2.11 bits per heavy atom. The fourth-order valence-corrected chi connectivity index (χ4v) is 1.89. The molecule has 4 nitrogen and oxygen atoms in total. The third-order valence-corrected chi connectivity index (χ3v) is 3.72. The highest BCUT2D eigenvalue weighted by Crippen LogP contribution is 2.34. The fourth-order valence-electron chi connectivity index (χ4n) is 1.89. The monoisotopic (exact) mass is 259 g/mol. The third kappa shape index (κ3) is 2.95. The van der Waals surface area contributed by atoms with Gasteiger partial charge in [0.25, 0.3) is 0 Å². The average molecular weight is 259 g/mol. The lowest BCUT2D eigenvalue weighted by Crippen LogP contribution is -2.19. The molecule has 0 radical (unpaired) electrons. The summed E-state index contributed by atoms with van der Waals surface area (Å²) >= 11 is 0. The molecular weight excluding hydrogens is 238 g/mol. The smallest absolute Gasteiger partial charge is 0.230 e. The zero-order chi connectivity index (χ0) is 14.0. The number of nitrogens with two attached hydrogens (primary N) is 1. The van der Waals surface area contributed by atoms with Gasteiger partial charge in [0, 0.05) is 18.0 Å². The van der Waals surface area contributed by atoms with E-state index in [4.69, 9.17) is 10.3 Å². The molecule has 19 heavy (non-hydrogen) atoms. The Morgan fingerprint density at radius 1 is 1.37 bits per heavy atom. The van der Waals surface area contributed by atoms with E-state index in [1.165, 1.54) is 0 Å². The van der Waals surface area contributed by atoms with Crippen molar-refractivity contribution in [1.82, 2.24) is 10.1 Å². The molecule has 0 saturated heterocycles. The first-order chi connectivity index (χ1) is 8.89. The average Bonchev–Trinajstić information content (AvgIpc) is 2.70. The molecular formula is C15H21N3O. The van der Waals surface area contributed by atoms with Gasteiger partial charge in [0.15, 0.2) is 0 Å². The zero-order valence-corrected chi connectivity index (χ0v) is 12.0. The van der Waals surface area contributed by atoms with Crippen LogP contribution in [0.1, 0.15) is 33.4 Å². The van der Waals surface area contributed by atoms with Crippen LogP contribution in [0.15, 0.2) is 29.0 Å². The molecule has 2 aromatic rings. The first kappa shape index (κ1) is 13.6. The van der Waals surface area contributed by atoms with Crippen molar-refractivity contribution in [3.05, 3.63) is 30.2 Å². The van der Waals surface area contributed by atoms with Gasteiger partial charge in [-0.1, -0.05) is 38.9 Å². The Bertz CT molecular complexity index is 540. The van der Waals surface area contributed by atoms with Crippen molar-refractivity contribution in [3.8, 4) is 11.1 Å². The SMILES string of the molecule is CC(Cc1noc(N)c1-c1cccnc1)C(C)(C)C. The van der Waals surface area contributed by atoms with Crippen LogP contribution in [0.5, 0.6) is 0 Å². The van der Waals surface area contributed by atoms with Gasteiger partial charge in [0.2, 0.25) is 5.88 Å². The van der Waals surface area contributed by atoms with E-state index >= 15 is 0 Å². The summed E-state index contributed by atoms with van der Waals surface area (Å²) in [6.45, 7) is 8.90. The summed E-state index contributed by atoms with van der Waals surface area (Å²) in [6, 6.07) is 3.86. The molecule has 0 aliphatic carbocycles. The van der Waals surface area contributed by atoms with Crippen molar-refractivity contribution < 1.29 is 4.52 Å². The highest BCUT2D eigenvalue weighted by Gasteiger charge is 2.24. The normalized spacial score (nSPS) is 13.5. The standard InChI is InChI=1S/C15H21N3O/c1-10(15(2,3)4)8-12-13(14(16)19-18-12)11-6-5-7-17-9-11/h5-7,9-10H,8,16H2,1-4H3. The van der Waals surface area contributed by atoms with Gasteiger partial charge in [-0.25, -0.2) is 0 Å². The summed E-state index contributed by atoms with van der Waals surface area (Å²) < 4.78 is 5.16. The highest BCUT2D eigenvalue weighted by molar-refractivity contribution is 5.74. The Labute approximate surface area is 114 Å². The lowest BCUT2D eigenvalue weighted by Gasteiger charge is -2.26. The van der Waals surface area contributed by atoms with Gasteiger partial charge in [-0.3, -0.25) is 4.98 Å². The number of rotatable bonds is 3. The fraction of sp³-hybridized carbons (Fsp3) is 0.467. The second kappa shape index (κ2) is 5.03. The maximum absolute atomic E-state index is 5.90. The van der Waals surface area contributed by atoms with Crippen molar-refractivity contribution in [1.29, 1.82) is 0 Å². The van der Waals surface area contributed by atoms with E-state index < -0.39 is 0 Å². The van der Waals surface area contributed by atoms with Crippen molar-refractivity contribution in [3.63, 3.8) is 0 Å². The van der Waals surface area contributed by atoms with Crippen molar-refractivity contribution in [2.24, 2.45) is 11.3 Å². The number of aromatic nitrogens is 2. The number of nitrogen functional groups attached to an aromatic ring is 1. The van der Waals surface area contributed by atoms with Crippen LogP contribution in [-0.2, 0) is 6.42 Å². The molecule has 0 fully saturated rings. The molecule has 0 aromatic carbocycles. The molecule has 0 bridgehead atoms. The summed E-state index contributed by atoms with van der Waals surface area (Å²) in [4.78, 5) is 4.13. The molecule has 2 rings (SSSR count). The number of nitrogens with zero attached hydrogens (tertiary/aromatic N) is 2. The van der Waals surface area contributed by atoms with Crippen LogP contribution in [0.25, 0.3) is 11.1 Å². The minimum absolute atomic E-state index is 0.222. The van der Waals surface area contributed by atoms with E-state index in [0.29, 0.717) is 11.8 Å². The molecule has 1 unspecified atom stereocenters. The van der Waals surface area contributed by atoms with E-state index in [1.807, 2.05) is 12.1 Å². The molecule has 102 valence electrons. The van der Waals surface area contributed by atoms with Crippen molar-refractivity contribution in [2.75, 3.05) is 5.73 Å². The van der Waals surface area contributed by atoms with Gasteiger partial charge < -0.3 is 10.3 Å². The Hall–Kier alpha value is -1.84. The van der Waals surface area contributed by atoms with Crippen LogP contribution in [0.3, 0.4) is 0 Å². The number of pyridine rings is 1. The second-order valence-electron chi connectivity index (χ2n) is 6.08. The van der Waals surface area contributed by atoms with Crippen molar-refractivity contribution in [2.45, 2.75) is 34.1 Å². The number of hydrogen-bond acceptors (Lipinski definition) is 4. The lowest BCUT2D eigenvalue weighted by molar-refractivity contribution is 0.255. The molecule has 2 N–H and O–H groups in total. The minimum Gasteiger partial charge on any atom is -0.367 e. The maximum Gasteiger partial charge on any atom is 0.230 e. The molecule has 0 aliphatic rings. The van der Waals surface area contributed by atoms with Crippen LogP contribution >= 0.6 is 0 Å². The first-order valence-electron chi connectivity index (χ1n) is 6.54. The first-order valence-corrected chi connectivity index (χ1v) is 6.54. The third-order valence-electron chi connectivity index (χ3n) is 3.72. The molecule has 0 spiro atoms. The predicted octanol–water partition coefficient (Wildman–Crippen LogP) is 3.54. The zero-order valence-electron chi connectivity index (χ0n) is 12.0. The van der Waals surface area contributed by atoms with Crippen LogP contribution in [0.2, 0.25) is 0 Å². The van der Waals surface area contributed by atoms with Crippen molar-refractivity contribution >= 4 is 5.88 Å². The highest BCUT2D eigenvalue weighted by atomic mass is 16.5. The Kier molecular flexibility index (Phi) is 3.60. The Morgan fingerprint density at radius 3 is 2.68 bits per heavy atom. The second-order valence-corrected chi connectivity index (χ2v) is 6.08. The number of anilines is 1. The largest absolute Gasteiger partial charge is 0.367 e. The molecule has 2 aromatic heterocycles. The molecule has 2 heterocycles. The van der Waals surface area contributed by atoms with Gasteiger partial charge >= 0.3 is 0 Å². The quantitative estimate of drug-likeness (QED) is 0.915. The molecule has 0 amide bonds. The van der Waals surface area contributed by atoms with E-state index in [0.717, 1.165) is 23.2 Å². The van der Waals surface area contributed by atoms with E-state index in [9.17, 15) is 0 Å². The van der Waals surface area contributed by atoms with Crippen LogP contribution in [0, 0.1) is 11.3 Å². The summed E-state index contributed by atoms with van der Waals surface area (Å²) in [5.74, 6) is 0.844. The topological polar surface area (TPSA) is 64.9 Å². The summed E-state index contributed by atoms with van der Waals surface area (Å²) in [5.41, 5.74) is 8.87. The maximum atomic E-state index is 5.90. The van der Waals surface area contributed by atoms with E-state index in [2.05, 4.69) is 37.8 Å². The summed E-state index contributed by atoms with van der Waals surface area (Å²) in [7, 11) is 0. The van der Waals surface area contributed by atoms with Crippen LogP contribution in [-0.4, -0.2) is 10.1 Å². The lowest BCUT2D eigenvalue weighted by atomic mass is 9.79. The minimum atomic E-state index is 0.222. The van der Waals surface area contributed by atoms with E-state index in [-0.39, 0.29) is 5.41 Å². The molecule has 0 aliphatic heterocycles.